The van der Waals surface area contributed by atoms with Crippen molar-refractivity contribution in [3.05, 3.63) is 11.8 Å². The van der Waals surface area contributed by atoms with Crippen molar-refractivity contribution in [1.29, 1.82) is 0 Å². The fourth-order valence-electron chi connectivity index (χ4n) is 3.64. The summed E-state index contributed by atoms with van der Waals surface area (Å²) < 4.78 is 11.9. The number of rotatable bonds is 2. The van der Waals surface area contributed by atoms with E-state index in [1.165, 1.54) is 0 Å². The summed E-state index contributed by atoms with van der Waals surface area (Å²) >= 11 is 0. The van der Waals surface area contributed by atoms with E-state index in [0.717, 1.165) is 25.0 Å². The SMILES string of the molecule is CC(C)(C)OC(=O)N1C2(C)C=C(O[Si](C)(C)C)CC1(C)CC2. The summed E-state index contributed by atoms with van der Waals surface area (Å²) in [5.41, 5.74) is -0.979. The Morgan fingerprint density at radius 2 is 1.82 bits per heavy atom. The van der Waals surface area contributed by atoms with Gasteiger partial charge in [-0.1, -0.05) is 0 Å². The van der Waals surface area contributed by atoms with E-state index in [1.807, 2.05) is 25.7 Å². The predicted octanol–water partition coefficient (Wildman–Crippen LogP) is 4.67. The maximum absolute atomic E-state index is 12.7. The molecule has 2 aliphatic heterocycles. The number of hydrogen-bond acceptors (Lipinski definition) is 3. The van der Waals surface area contributed by atoms with Gasteiger partial charge in [0.1, 0.15) is 5.60 Å². The molecule has 4 nitrogen and oxygen atoms in total. The molecular formula is C17H31NO3Si. The first-order valence-corrected chi connectivity index (χ1v) is 11.6. The van der Waals surface area contributed by atoms with Crippen LogP contribution in [0.1, 0.15) is 53.9 Å². The highest BCUT2D eigenvalue weighted by Crippen LogP contribution is 2.50. The monoisotopic (exact) mass is 325 g/mol. The molecule has 1 fully saturated rings. The minimum atomic E-state index is -1.63. The van der Waals surface area contributed by atoms with Gasteiger partial charge in [-0.2, -0.15) is 0 Å². The van der Waals surface area contributed by atoms with Crippen molar-refractivity contribution in [3.63, 3.8) is 0 Å². The molecule has 0 radical (unpaired) electrons. The smallest absolute Gasteiger partial charge is 0.411 e. The van der Waals surface area contributed by atoms with Crippen LogP contribution in [0.4, 0.5) is 4.79 Å². The van der Waals surface area contributed by atoms with Crippen molar-refractivity contribution in [2.75, 3.05) is 0 Å². The van der Waals surface area contributed by atoms with Crippen LogP contribution in [0.2, 0.25) is 19.6 Å². The summed E-state index contributed by atoms with van der Waals surface area (Å²) in [6.07, 6.45) is 4.67. The van der Waals surface area contributed by atoms with Crippen LogP contribution in [0.3, 0.4) is 0 Å². The fraction of sp³-hybridized carbons (Fsp3) is 0.824. The van der Waals surface area contributed by atoms with Gasteiger partial charge in [0.15, 0.2) is 0 Å². The van der Waals surface area contributed by atoms with Crippen molar-refractivity contribution in [3.8, 4) is 0 Å². The number of fused-ring (bicyclic) bond motifs is 2. The minimum absolute atomic E-state index is 0.208. The first-order chi connectivity index (χ1) is 9.74. The molecule has 2 atom stereocenters. The van der Waals surface area contributed by atoms with Crippen molar-refractivity contribution >= 4 is 14.4 Å². The van der Waals surface area contributed by atoms with Gasteiger partial charge < -0.3 is 9.16 Å². The third-order valence-electron chi connectivity index (χ3n) is 4.26. The van der Waals surface area contributed by atoms with Crippen LogP contribution in [0.5, 0.6) is 0 Å². The van der Waals surface area contributed by atoms with Gasteiger partial charge in [0.25, 0.3) is 0 Å². The molecule has 0 saturated carbocycles. The lowest BCUT2D eigenvalue weighted by Crippen LogP contribution is -2.57. The summed E-state index contributed by atoms with van der Waals surface area (Å²) in [5, 5.41) is 0. The van der Waals surface area contributed by atoms with Crippen molar-refractivity contribution in [1.82, 2.24) is 4.90 Å². The Labute approximate surface area is 136 Å². The fourth-order valence-corrected chi connectivity index (χ4v) is 4.55. The lowest BCUT2D eigenvalue weighted by atomic mass is 9.90. The van der Waals surface area contributed by atoms with Gasteiger partial charge >= 0.3 is 6.09 Å². The summed E-state index contributed by atoms with van der Waals surface area (Å²) in [6, 6.07) is 0. The van der Waals surface area contributed by atoms with Gasteiger partial charge in [-0.3, -0.25) is 4.90 Å². The van der Waals surface area contributed by atoms with E-state index in [-0.39, 0.29) is 17.2 Å². The topological polar surface area (TPSA) is 38.8 Å². The molecule has 1 saturated heterocycles. The van der Waals surface area contributed by atoms with E-state index in [2.05, 4.69) is 39.6 Å². The highest BCUT2D eigenvalue weighted by molar-refractivity contribution is 6.70. The molecule has 0 spiro atoms. The van der Waals surface area contributed by atoms with E-state index < -0.39 is 13.9 Å². The Kier molecular flexibility index (Phi) is 3.96. The first-order valence-electron chi connectivity index (χ1n) is 8.18. The van der Waals surface area contributed by atoms with Crippen LogP contribution < -0.4 is 0 Å². The third kappa shape index (κ3) is 3.50. The molecule has 2 aliphatic rings. The second-order valence-electron chi connectivity index (χ2n) is 9.17. The third-order valence-corrected chi connectivity index (χ3v) is 5.14. The minimum Gasteiger partial charge on any atom is -0.547 e. The molecule has 5 heteroatoms. The molecule has 1 amide bonds. The normalized spacial score (nSPS) is 31.8. The molecule has 0 aliphatic carbocycles. The standard InChI is InChI=1S/C17H31NO3Si/c1-15(2,3)20-14(19)18-16(4)9-10-17(18,5)12-13(11-16)21-22(6,7)8/h11H,9-10,12H2,1-8H3. The zero-order valence-corrected chi connectivity index (χ0v) is 16.4. The lowest BCUT2D eigenvalue weighted by Gasteiger charge is -2.47. The van der Waals surface area contributed by atoms with E-state index in [9.17, 15) is 4.79 Å². The molecule has 2 rings (SSSR count). The zero-order chi connectivity index (χ0) is 17.0. The lowest BCUT2D eigenvalue weighted by molar-refractivity contribution is -0.0134. The summed E-state index contributed by atoms with van der Waals surface area (Å²) in [7, 11) is -1.63. The van der Waals surface area contributed by atoms with E-state index in [4.69, 9.17) is 9.16 Å². The molecule has 2 heterocycles. The molecular weight excluding hydrogens is 294 g/mol. The highest BCUT2D eigenvalue weighted by Gasteiger charge is 2.56. The molecule has 2 bridgehead atoms. The van der Waals surface area contributed by atoms with E-state index in [1.54, 1.807) is 0 Å². The van der Waals surface area contributed by atoms with Crippen LogP contribution in [0.15, 0.2) is 11.8 Å². The number of carbonyl (C=O) groups is 1. The maximum atomic E-state index is 12.7. The van der Waals surface area contributed by atoms with Crippen LogP contribution >= 0.6 is 0 Å². The number of amides is 1. The van der Waals surface area contributed by atoms with Gasteiger partial charge in [0.05, 0.1) is 16.8 Å². The van der Waals surface area contributed by atoms with Crippen LogP contribution in [0.25, 0.3) is 0 Å². The van der Waals surface area contributed by atoms with Crippen molar-refractivity contribution in [2.45, 2.75) is 90.2 Å². The Morgan fingerprint density at radius 1 is 1.23 bits per heavy atom. The molecule has 0 aromatic heterocycles. The van der Waals surface area contributed by atoms with Crippen molar-refractivity contribution in [2.24, 2.45) is 0 Å². The molecule has 126 valence electrons. The zero-order valence-electron chi connectivity index (χ0n) is 15.4. The highest BCUT2D eigenvalue weighted by atomic mass is 28.4. The Bertz CT molecular complexity index is 503. The van der Waals surface area contributed by atoms with Gasteiger partial charge in [-0.15, -0.1) is 0 Å². The maximum Gasteiger partial charge on any atom is 0.411 e. The van der Waals surface area contributed by atoms with Gasteiger partial charge in [-0.25, -0.2) is 4.79 Å². The predicted molar refractivity (Wildman–Crippen MR) is 91.2 cm³/mol. The molecule has 2 unspecified atom stereocenters. The van der Waals surface area contributed by atoms with Gasteiger partial charge in [-0.05, 0) is 73.2 Å². The largest absolute Gasteiger partial charge is 0.547 e. The summed E-state index contributed by atoms with van der Waals surface area (Å²) in [5.74, 6) is 1.06. The van der Waals surface area contributed by atoms with Gasteiger partial charge in [0.2, 0.25) is 8.32 Å². The number of hydrogen-bond donors (Lipinski definition) is 0. The molecule has 0 aromatic rings. The number of nitrogens with zero attached hydrogens (tertiary/aromatic N) is 1. The number of carbonyl (C=O) groups excluding carboxylic acids is 1. The molecule has 22 heavy (non-hydrogen) atoms. The van der Waals surface area contributed by atoms with Crippen LogP contribution in [0, 0.1) is 0 Å². The summed E-state index contributed by atoms with van der Waals surface area (Å²) in [4.78, 5) is 14.7. The first kappa shape index (κ1) is 17.4. The van der Waals surface area contributed by atoms with E-state index >= 15 is 0 Å². The van der Waals surface area contributed by atoms with Crippen LogP contribution in [-0.4, -0.2) is 36.0 Å². The Hall–Kier alpha value is -0.973. The molecule has 0 N–H and O–H groups in total. The molecule has 0 aromatic carbocycles. The second kappa shape index (κ2) is 5.01. The number of ether oxygens (including phenoxy) is 1. The van der Waals surface area contributed by atoms with Gasteiger partial charge in [0, 0.05) is 6.42 Å². The van der Waals surface area contributed by atoms with Crippen LogP contribution in [-0.2, 0) is 9.16 Å². The van der Waals surface area contributed by atoms with Crippen molar-refractivity contribution < 1.29 is 14.0 Å². The Balaban J connectivity index is 2.30. The quantitative estimate of drug-likeness (QED) is 0.692. The Morgan fingerprint density at radius 3 is 2.27 bits per heavy atom. The average Bonchev–Trinajstić information content (AvgIpc) is 2.37. The second-order valence-corrected chi connectivity index (χ2v) is 13.6. The summed E-state index contributed by atoms with van der Waals surface area (Å²) in [6.45, 7) is 16.6. The van der Waals surface area contributed by atoms with E-state index in [0.29, 0.717) is 0 Å². The average molecular weight is 326 g/mol.